The molecule has 1 atom stereocenters. The van der Waals surface area contributed by atoms with Gasteiger partial charge in [-0.2, -0.15) is 5.10 Å². The van der Waals surface area contributed by atoms with E-state index in [1.807, 2.05) is 46.1 Å². The van der Waals surface area contributed by atoms with Crippen LogP contribution in [0.25, 0.3) is 5.69 Å². The zero-order valence-electron chi connectivity index (χ0n) is 15.6. The lowest BCUT2D eigenvalue weighted by Crippen LogP contribution is -2.35. The molecule has 2 aromatic rings. The summed E-state index contributed by atoms with van der Waals surface area (Å²) >= 11 is 0. The standard InChI is InChI=1S/C20H28N4O/c1-19(2,3)17-16(12-24(22-17)15-8-6-5-7-9-15)18(25)23-11-10-20(4,13-21)14-23/h5-9,12H,10-11,13-14,21H2,1-4H3. The van der Waals surface area contributed by atoms with Crippen molar-refractivity contribution in [3.8, 4) is 5.69 Å². The Balaban J connectivity index is 1.98. The Morgan fingerprint density at radius 1 is 1.28 bits per heavy atom. The minimum atomic E-state index is -0.206. The van der Waals surface area contributed by atoms with Crippen LogP contribution >= 0.6 is 0 Å². The summed E-state index contributed by atoms with van der Waals surface area (Å²) in [5.41, 5.74) is 8.20. The molecule has 1 amide bonds. The summed E-state index contributed by atoms with van der Waals surface area (Å²) in [5.74, 6) is 0.0595. The first-order valence-electron chi connectivity index (χ1n) is 8.88. The topological polar surface area (TPSA) is 64.2 Å². The first-order chi connectivity index (χ1) is 11.7. The second-order valence-electron chi connectivity index (χ2n) is 8.41. The number of aromatic nitrogens is 2. The molecule has 1 saturated heterocycles. The number of rotatable bonds is 3. The van der Waals surface area contributed by atoms with Crippen molar-refractivity contribution < 1.29 is 4.79 Å². The molecule has 1 aromatic heterocycles. The summed E-state index contributed by atoms with van der Waals surface area (Å²) in [6.45, 7) is 10.5. The Morgan fingerprint density at radius 2 is 1.96 bits per heavy atom. The number of hydrogen-bond acceptors (Lipinski definition) is 3. The molecule has 134 valence electrons. The maximum Gasteiger partial charge on any atom is 0.257 e. The number of carbonyl (C=O) groups excluding carboxylic acids is 1. The van der Waals surface area contributed by atoms with Crippen molar-refractivity contribution in [1.29, 1.82) is 0 Å². The van der Waals surface area contributed by atoms with E-state index in [1.54, 1.807) is 0 Å². The molecule has 5 heteroatoms. The summed E-state index contributed by atoms with van der Waals surface area (Å²) in [6, 6.07) is 9.91. The Morgan fingerprint density at radius 3 is 2.52 bits per heavy atom. The monoisotopic (exact) mass is 340 g/mol. The average molecular weight is 340 g/mol. The van der Waals surface area contributed by atoms with E-state index in [-0.39, 0.29) is 16.7 Å². The first-order valence-corrected chi connectivity index (χ1v) is 8.88. The lowest BCUT2D eigenvalue weighted by molar-refractivity contribution is 0.0774. The molecule has 1 unspecified atom stereocenters. The fourth-order valence-corrected chi connectivity index (χ4v) is 3.33. The quantitative estimate of drug-likeness (QED) is 0.934. The number of nitrogens with two attached hydrogens (primary N) is 1. The van der Waals surface area contributed by atoms with Crippen LogP contribution in [0.2, 0.25) is 0 Å². The normalized spacial score (nSPS) is 20.9. The van der Waals surface area contributed by atoms with Crippen LogP contribution in [0.1, 0.15) is 50.2 Å². The molecule has 2 heterocycles. The predicted octanol–water partition coefficient (Wildman–Crippen LogP) is 2.98. The Hall–Kier alpha value is -2.14. The lowest BCUT2D eigenvalue weighted by atomic mass is 9.89. The molecule has 0 spiro atoms. The molecule has 2 N–H and O–H groups in total. The van der Waals surface area contributed by atoms with Crippen LogP contribution in [0.4, 0.5) is 0 Å². The molecule has 1 fully saturated rings. The summed E-state index contributed by atoms with van der Waals surface area (Å²) in [6.07, 6.45) is 2.82. The molecular weight excluding hydrogens is 312 g/mol. The van der Waals surface area contributed by atoms with E-state index < -0.39 is 0 Å². The van der Waals surface area contributed by atoms with Crippen LogP contribution in [-0.2, 0) is 5.41 Å². The van der Waals surface area contributed by atoms with Crippen molar-refractivity contribution in [2.45, 2.75) is 39.5 Å². The number of carbonyl (C=O) groups is 1. The molecule has 25 heavy (non-hydrogen) atoms. The van der Waals surface area contributed by atoms with Gasteiger partial charge in [0.1, 0.15) is 0 Å². The van der Waals surface area contributed by atoms with Gasteiger partial charge in [0, 0.05) is 24.7 Å². The summed E-state index contributed by atoms with van der Waals surface area (Å²) in [4.78, 5) is 15.1. The van der Waals surface area contributed by atoms with Gasteiger partial charge in [-0.1, -0.05) is 45.9 Å². The van der Waals surface area contributed by atoms with Crippen LogP contribution < -0.4 is 5.73 Å². The molecule has 0 radical (unpaired) electrons. The smallest absolute Gasteiger partial charge is 0.257 e. The Labute approximate surface area is 149 Å². The van der Waals surface area contributed by atoms with Crippen LogP contribution in [0.5, 0.6) is 0 Å². The molecule has 0 bridgehead atoms. The number of likely N-dealkylation sites (tertiary alicyclic amines) is 1. The Kier molecular flexibility index (Phi) is 4.45. The third-order valence-electron chi connectivity index (χ3n) is 5.01. The molecule has 1 aliphatic heterocycles. The van der Waals surface area contributed by atoms with Crippen molar-refractivity contribution in [3.63, 3.8) is 0 Å². The van der Waals surface area contributed by atoms with E-state index in [4.69, 9.17) is 10.8 Å². The fraction of sp³-hybridized carbons (Fsp3) is 0.500. The van der Waals surface area contributed by atoms with Gasteiger partial charge in [-0.3, -0.25) is 4.79 Å². The highest BCUT2D eigenvalue weighted by Crippen LogP contribution is 2.32. The maximum atomic E-state index is 13.2. The number of amides is 1. The highest BCUT2D eigenvalue weighted by Gasteiger charge is 2.37. The molecule has 5 nitrogen and oxygen atoms in total. The second kappa shape index (κ2) is 6.30. The summed E-state index contributed by atoms with van der Waals surface area (Å²) in [5, 5.41) is 4.75. The molecule has 3 rings (SSSR count). The minimum absolute atomic E-state index is 0.0208. The first kappa shape index (κ1) is 17.7. The SMILES string of the molecule is CC1(CN)CCN(C(=O)c2cn(-c3ccccc3)nc2C(C)(C)C)C1. The highest BCUT2D eigenvalue weighted by molar-refractivity contribution is 5.95. The largest absolute Gasteiger partial charge is 0.338 e. The van der Waals surface area contributed by atoms with Gasteiger partial charge in [0.2, 0.25) is 0 Å². The third-order valence-corrected chi connectivity index (χ3v) is 5.01. The molecule has 0 aliphatic carbocycles. The van der Waals surface area contributed by atoms with E-state index >= 15 is 0 Å². The second-order valence-corrected chi connectivity index (χ2v) is 8.41. The van der Waals surface area contributed by atoms with Gasteiger partial charge in [0.25, 0.3) is 5.91 Å². The van der Waals surface area contributed by atoms with Crippen molar-refractivity contribution >= 4 is 5.91 Å². The zero-order chi connectivity index (χ0) is 18.2. The maximum absolute atomic E-state index is 13.2. The number of para-hydroxylation sites is 1. The minimum Gasteiger partial charge on any atom is -0.338 e. The van der Waals surface area contributed by atoms with Crippen molar-refractivity contribution in [1.82, 2.24) is 14.7 Å². The van der Waals surface area contributed by atoms with Crippen LogP contribution in [0.3, 0.4) is 0 Å². The van der Waals surface area contributed by atoms with Gasteiger partial charge in [0.05, 0.1) is 16.9 Å². The number of benzene rings is 1. The highest BCUT2D eigenvalue weighted by atomic mass is 16.2. The van der Waals surface area contributed by atoms with E-state index in [0.29, 0.717) is 18.7 Å². The van der Waals surface area contributed by atoms with E-state index in [1.165, 1.54) is 0 Å². The van der Waals surface area contributed by atoms with Crippen molar-refractivity contribution in [2.75, 3.05) is 19.6 Å². The van der Waals surface area contributed by atoms with E-state index in [9.17, 15) is 4.79 Å². The number of hydrogen-bond donors (Lipinski definition) is 1. The average Bonchev–Trinajstić information content (AvgIpc) is 3.20. The van der Waals surface area contributed by atoms with Gasteiger partial charge in [-0.25, -0.2) is 4.68 Å². The molecule has 1 aliphatic rings. The summed E-state index contributed by atoms with van der Waals surface area (Å²) < 4.78 is 1.81. The summed E-state index contributed by atoms with van der Waals surface area (Å²) in [7, 11) is 0. The third kappa shape index (κ3) is 3.47. The van der Waals surface area contributed by atoms with Gasteiger partial charge < -0.3 is 10.6 Å². The molecule has 1 aromatic carbocycles. The van der Waals surface area contributed by atoms with Crippen LogP contribution in [0.15, 0.2) is 36.5 Å². The van der Waals surface area contributed by atoms with Crippen molar-refractivity contribution in [2.24, 2.45) is 11.1 Å². The van der Waals surface area contributed by atoms with Gasteiger partial charge in [-0.15, -0.1) is 0 Å². The van der Waals surface area contributed by atoms with Gasteiger partial charge in [-0.05, 0) is 30.5 Å². The molecule has 0 saturated carbocycles. The zero-order valence-corrected chi connectivity index (χ0v) is 15.6. The van der Waals surface area contributed by atoms with Crippen LogP contribution in [-0.4, -0.2) is 40.2 Å². The van der Waals surface area contributed by atoms with E-state index in [2.05, 4.69) is 27.7 Å². The predicted molar refractivity (Wildman–Crippen MR) is 99.9 cm³/mol. The fourth-order valence-electron chi connectivity index (χ4n) is 3.33. The Bertz CT molecular complexity index is 760. The molecular formula is C20H28N4O. The van der Waals surface area contributed by atoms with Gasteiger partial charge >= 0.3 is 0 Å². The lowest BCUT2D eigenvalue weighted by Gasteiger charge is -2.23. The van der Waals surface area contributed by atoms with Crippen LogP contribution in [0, 0.1) is 5.41 Å². The van der Waals surface area contributed by atoms with E-state index in [0.717, 1.165) is 24.3 Å². The number of nitrogens with zero attached hydrogens (tertiary/aromatic N) is 3. The van der Waals surface area contributed by atoms with Crippen molar-refractivity contribution in [3.05, 3.63) is 47.8 Å². The van der Waals surface area contributed by atoms with Gasteiger partial charge in [0.15, 0.2) is 0 Å².